The van der Waals surface area contributed by atoms with E-state index in [1.54, 1.807) is 0 Å². The number of hydrogen-bond donors (Lipinski definition) is 0. The first-order valence-corrected chi connectivity index (χ1v) is 10.9. The molecule has 0 aliphatic heterocycles. The molecule has 3 rings (SSSR count). The summed E-state index contributed by atoms with van der Waals surface area (Å²) in [6.45, 7) is 7.01. The van der Waals surface area contributed by atoms with Gasteiger partial charge >= 0.3 is 0 Å². The summed E-state index contributed by atoms with van der Waals surface area (Å²) >= 11 is 3.26. The largest absolute Gasteiger partial charge is 0.131 e. The van der Waals surface area contributed by atoms with Crippen molar-refractivity contribution in [2.45, 2.75) is 58.2 Å². The smallest absolute Gasteiger partial charge is 0.129 e. The fraction of sp³-hybridized carbons (Fsp3) is 0.733. The van der Waals surface area contributed by atoms with Crippen molar-refractivity contribution in [2.24, 2.45) is 10.8 Å². The van der Waals surface area contributed by atoms with Gasteiger partial charge in [0.1, 0.15) is 8.07 Å². The van der Waals surface area contributed by atoms with E-state index in [1.165, 1.54) is 38.5 Å². The van der Waals surface area contributed by atoms with Gasteiger partial charge in [0.05, 0.1) is 0 Å². The standard InChI is InChI=1S/C15H21BrSi/c1-17(2,3)13-11-15-7-4-14(5-8-15,6-9-15)10-12-16/h4-9H2,1-3H3. The Morgan fingerprint density at radius 1 is 0.824 bits per heavy atom. The first-order chi connectivity index (χ1) is 7.89. The predicted octanol–water partition coefficient (Wildman–Crippen LogP) is 4.56. The maximum atomic E-state index is 3.67. The highest BCUT2D eigenvalue weighted by atomic mass is 79.9. The summed E-state index contributed by atoms with van der Waals surface area (Å²) < 4.78 is 0. The number of hydrogen-bond acceptors (Lipinski definition) is 0. The van der Waals surface area contributed by atoms with Gasteiger partial charge < -0.3 is 0 Å². The average molecular weight is 309 g/mol. The van der Waals surface area contributed by atoms with Gasteiger partial charge in [-0.2, -0.15) is 0 Å². The fourth-order valence-corrected chi connectivity index (χ4v) is 4.04. The lowest BCUT2D eigenvalue weighted by atomic mass is 9.54. The van der Waals surface area contributed by atoms with E-state index in [2.05, 4.69) is 57.8 Å². The Kier molecular flexibility index (Phi) is 3.50. The summed E-state index contributed by atoms with van der Waals surface area (Å²) in [4.78, 5) is 2.96. The van der Waals surface area contributed by atoms with Gasteiger partial charge in [-0.05, 0) is 43.4 Å². The second-order valence-corrected chi connectivity index (χ2v) is 11.9. The van der Waals surface area contributed by atoms with Crippen LogP contribution in [0.3, 0.4) is 0 Å². The molecule has 0 N–H and O–H groups in total. The van der Waals surface area contributed by atoms with Crippen molar-refractivity contribution in [3.8, 4) is 22.2 Å². The molecule has 0 amide bonds. The van der Waals surface area contributed by atoms with Crippen LogP contribution in [0.15, 0.2) is 0 Å². The fourth-order valence-electron chi connectivity index (χ4n) is 2.98. The van der Waals surface area contributed by atoms with Crippen LogP contribution in [-0.2, 0) is 0 Å². The Hall–Kier alpha value is -0.183. The van der Waals surface area contributed by atoms with E-state index < -0.39 is 8.07 Å². The normalized spacial score (nSPS) is 35.5. The Morgan fingerprint density at radius 3 is 1.59 bits per heavy atom. The minimum Gasteiger partial charge on any atom is -0.131 e. The van der Waals surface area contributed by atoms with E-state index in [1.807, 2.05) is 0 Å². The van der Waals surface area contributed by atoms with Crippen LogP contribution in [0.1, 0.15) is 38.5 Å². The molecule has 0 aromatic heterocycles. The molecule has 0 unspecified atom stereocenters. The van der Waals surface area contributed by atoms with Crippen molar-refractivity contribution in [3.63, 3.8) is 0 Å². The van der Waals surface area contributed by atoms with Crippen molar-refractivity contribution in [1.29, 1.82) is 0 Å². The third kappa shape index (κ3) is 2.98. The molecule has 0 aromatic rings. The summed E-state index contributed by atoms with van der Waals surface area (Å²) in [7, 11) is -1.22. The first-order valence-electron chi connectivity index (χ1n) is 6.56. The molecule has 17 heavy (non-hydrogen) atoms. The van der Waals surface area contributed by atoms with Gasteiger partial charge in [-0.1, -0.05) is 25.6 Å². The van der Waals surface area contributed by atoms with Gasteiger partial charge in [-0.3, -0.25) is 0 Å². The monoisotopic (exact) mass is 308 g/mol. The number of halogens is 1. The third-order valence-corrected chi connectivity index (χ3v) is 5.33. The predicted molar refractivity (Wildman–Crippen MR) is 80.4 cm³/mol. The van der Waals surface area contributed by atoms with Crippen LogP contribution in [0.4, 0.5) is 0 Å². The molecule has 92 valence electrons. The van der Waals surface area contributed by atoms with Crippen LogP contribution < -0.4 is 0 Å². The van der Waals surface area contributed by atoms with Gasteiger partial charge in [0, 0.05) is 26.8 Å². The van der Waals surface area contributed by atoms with E-state index in [4.69, 9.17) is 0 Å². The maximum absolute atomic E-state index is 3.67. The summed E-state index contributed by atoms with van der Waals surface area (Å²) in [5.74, 6) is 7.08. The molecule has 3 saturated carbocycles. The van der Waals surface area contributed by atoms with Crippen LogP contribution in [0, 0.1) is 33.0 Å². The molecular weight excluding hydrogens is 288 g/mol. The minimum atomic E-state index is -1.22. The highest BCUT2D eigenvalue weighted by Crippen LogP contribution is 2.56. The van der Waals surface area contributed by atoms with E-state index in [0.717, 1.165) is 0 Å². The molecule has 0 aromatic carbocycles. The number of rotatable bonds is 0. The zero-order valence-electron chi connectivity index (χ0n) is 11.1. The molecular formula is C15H21BrSi. The van der Waals surface area contributed by atoms with Gasteiger partial charge in [0.25, 0.3) is 0 Å². The molecule has 0 spiro atoms. The Morgan fingerprint density at radius 2 is 1.24 bits per heavy atom. The van der Waals surface area contributed by atoms with Crippen LogP contribution in [0.5, 0.6) is 0 Å². The van der Waals surface area contributed by atoms with Gasteiger partial charge in [0.2, 0.25) is 0 Å². The topological polar surface area (TPSA) is 0 Å². The quantitative estimate of drug-likeness (QED) is 0.454. The van der Waals surface area contributed by atoms with Crippen molar-refractivity contribution >= 4 is 24.0 Å². The Labute approximate surface area is 115 Å². The molecule has 0 atom stereocenters. The first kappa shape index (κ1) is 13.3. The van der Waals surface area contributed by atoms with Crippen LogP contribution in [-0.4, -0.2) is 8.07 Å². The average Bonchev–Trinajstić information content (AvgIpc) is 2.29. The molecule has 2 bridgehead atoms. The van der Waals surface area contributed by atoms with Crippen molar-refractivity contribution in [2.75, 3.05) is 0 Å². The van der Waals surface area contributed by atoms with Crippen molar-refractivity contribution in [1.82, 2.24) is 0 Å². The van der Waals surface area contributed by atoms with Crippen molar-refractivity contribution in [3.05, 3.63) is 0 Å². The summed E-state index contributed by atoms with van der Waals surface area (Å²) in [6.07, 6.45) is 7.58. The molecule has 0 radical (unpaired) electrons. The minimum absolute atomic E-state index is 0.325. The van der Waals surface area contributed by atoms with Crippen molar-refractivity contribution < 1.29 is 0 Å². The highest BCUT2D eigenvalue weighted by Gasteiger charge is 2.47. The molecule has 3 aliphatic carbocycles. The molecule has 3 fully saturated rings. The van der Waals surface area contributed by atoms with Gasteiger partial charge in [-0.25, -0.2) is 0 Å². The Balaban J connectivity index is 2.13. The Bertz CT molecular complexity index is 397. The zero-order chi connectivity index (χ0) is 12.6. The van der Waals surface area contributed by atoms with E-state index in [-0.39, 0.29) is 0 Å². The third-order valence-electron chi connectivity index (χ3n) is 4.26. The van der Waals surface area contributed by atoms with Gasteiger partial charge in [-0.15, -0.1) is 11.5 Å². The maximum Gasteiger partial charge on any atom is 0.129 e. The summed E-state index contributed by atoms with van der Waals surface area (Å²) in [6, 6.07) is 0. The van der Waals surface area contributed by atoms with E-state index >= 15 is 0 Å². The van der Waals surface area contributed by atoms with Crippen LogP contribution in [0.2, 0.25) is 19.6 Å². The van der Waals surface area contributed by atoms with Gasteiger partial charge in [0.15, 0.2) is 0 Å². The summed E-state index contributed by atoms with van der Waals surface area (Å²) in [5.41, 5.74) is 4.28. The van der Waals surface area contributed by atoms with Crippen LogP contribution in [0.25, 0.3) is 0 Å². The molecule has 3 aliphatic rings. The lowest BCUT2D eigenvalue weighted by molar-refractivity contribution is 0.0719. The second kappa shape index (κ2) is 4.49. The molecule has 2 heteroatoms. The lowest BCUT2D eigenvalue weighted by Gasteiger charge is -2.49. The zero-order valence-corrected chi connectivity index (χ0v) is 13.7. The molecule has 0 saturated heterocycles. The van der Waals surface area contributed by atoms with E-state index in [0.29, 0.717) is 10.8 Å². The molecule has 0 nitrogen and oxygen atoms in total. The van der Waals surface area contributed by atoms with Crippen LogP contribution >= 0.6 is 15.9 Å². The lowest BCUT2D eigenvalue weighted by Crippen LogP contribution is -2.40. The molecule has 0 heterocycles. The number of fused-ring (bicyclic) bond motifs is 3. The second-order valence-electron chi connectivity index (χ2n) is 6.78. The highest BCUT2D eigenvalue weighted by molar-refractivity contribution is 9.12. The SMILES string of the molecule is C[Si](C)(C)C#CC12CCC(C#CBr)(CC1)CC2. The van der Waals surface area contributed by atoms with E-state index in [9.17, 15) is 0 Å². The summed E-state index contributed by atoms with van der Waals surface area (Å²) in [5, 5.41) is 0.